The van der Waals surface area contributed by atoms with Crippen molar-refractivity contribution in [3.8, 4) is 0 Å². The summed E-state index contributed by atoms with van der Waals surface area (Å²) in [6.07, 6.45) is 5.00. The topological polar surface area (TPSA) is 48.5 Å². The van der Waals surface area contributed by atoms with Crippen molar-refractivity contribution in [3.05, 3.63) is 30.1 Å². The van der Waals surface area contributed by atoms with E-state index < -0.39 is 0 Å². The standard InChI is InChI=1S/C16H26N4O/c1-3-20-11-6-8-15(20)13-18-16(21)19(2)12-9-14-7-4-5-10-17-14/h4-5,7,10,15H,3,6,8-9,11-13H2,1-2H3,(H,18,21). The second-order valence-electron chi connectivity index (χ2n) is 5.60. The fourth-order valence-corrected chi connectivity index (χ4v) is 2.81. The zero-order chi connectivity index (χ0) is 15.1. The molecule has 1 unspecified atom stereocenters. The van der Waals surface area contributed by atoms with Crippen LogP contribution in [0.25, 0.3) is 0 Å². The molecule has 0 aromatic carbocycles. The van der Waals surface area contributed by atoms with Crippen molar-refractivity contribution in [1.82, 2.24) is 20.1 Å². The van der Waals surface area contributed by atoms with Crippen molar-refractivity contribution >= 4 is 6.03 Å². The summed E-state index contributed by atoms with van der Waals surface area (Å²) in [5, 5.41) is 3.05. The predicted octanol–water partition coefficient (Wildman–Crippen LogP) is 1.75. The Morgan fingerprint density at radius 3 is 3.10 bits per heavy atom. The van der Waals surface area contributed by atoms with Crippen LogP contribution in [-0.4, -0.2) is 60.1 Å². The molecule has 1 saturated heterocycles. The summed E-state index contributed by atoms with van der Waals surface area (Å²) in [7, 11) is 1.84. The molecule has 1 aliphatic heterocycles. The van der Waals surface area contributed by atoms with Crippen molar-refractivity contribution in [2.45, 2.75) is 32.2 Å². The van der Waals surface area contributed by atoms with Crippen LogP contribution in [0.4, 0.5) is 4.79 Å². The van der Waals surface area contributed by atoms with Crippen LogP contribution in [0.2, 0.25) is 0 Å². The summed E-state index contributed by atoms with van der Waals surface area (Å²) in [6.45, 7) is 5.84. The average Bonchev–Trinajstić information content (AvgIpc) is 2.98. The normalized spacial score (nSPS) is 18.7. The first kappa shape index (κ1) is 15.8. The number of pyridine rings is 1. The molecule has 1 atom stereocenters. The summed E-state index contributed by atoms with van der Waals surface area (Å²) in [5.74, 6) is 0. The van der Waals surface area contributed by atoms with E-state index >= 15 is 0 Å². The molecular weight excluding hydrogens is 264 g/mol. The summed E-state index contributed by atoms with van der Waals surface area (Å²) in [5.41, 5.74) is 1.02. The van der Waals surface area contributed by atoms with Crippen molar-refractivity contribution in [3.63, 3.8) is 0 Å². The van der Waals surface area contributed by atoms with Gasteiger partial charge in [-0.3, -0.25) is 9.88 Å². The van der Waals surface area contributed by atoms with E-state index in [-0.39, 0.29) is 6.03 Å². The van der Waals surface area contributed by atoms with Gasteiger partial charge in [-0.2, -0.15) is 0 Å². The van der Waals surface area contributed by atoms with E-state index in [9.17, 15) is 4.79 Å². The third-order valence-corrected chi connectivity index (χ3v) is 4.17. The lowest BCUT2D eigenvalue weighted by Crippen LogP contribution is -2.45. The number of hydrogen-bond donors (Lipinski definition) is 1. The largest absolute Gasteiger partial charge is 0.336 e. The minimum atomic E-state index is 0.00823. The van der Waals surface area contributed by atoms with Crippen LogP contribution < -0.4 is 5.32 Å². The molecule has 1 fully saturated rings. The van der Waals surface area contributed by atoms with E-state index in [4.69, 9.17) is 0 Å². The number of nitrogens with zero attached hydrogens (tertiary/aromatic N) is 3. The van der Waals surface area contributed by atoms with Crippen molar-refractivity contribution < 1.29 is 4.79 Å². The number of likely N-dealkylation sites (N-methyl/N-ethyl adjacent to an activating group) is 2. The first-order chi connectivity index (χ1) is 10.2. The Kier molecular flexibility index (Phi) is 5.99. The molecule has 0 bridgehead atoms. The first-order valence-electron chi connectivity index (χ1n) is 7.83. The Morgan fingerprint density at radius 2 is 2.38 bits per heavy atom. The first-order valence-corrected chi connectivity index (χ1v) is 7.83. The Labute approximate surface area is 127 Å². The third-order valence-electron chi connectivity index (χ3n) is 4.17. The molecule has 2 amide bonds. The minimum Gasteiger partial charge on any atom is -0.336 e. The van der Waals surface area contributed by atoms with E-state index in [2.05, 4.69) is 22.1 Å². The van der Waals surface area contributed by atoms with Crippen LogP contribution >= 0.6 is 0 Å². The van der Waals surface area contributed by atoms with Gasteiger partial charge in [-0.1, -0.05) is 13.0 Å². The molecule has 21 heavy (non-hydrogen) atoms. The summed E-state index contributed by atoms with van der Waals surface area (Å²) in [4.78, 5) is 20.5. The van der Waals surface area contributed by atoms with Gasteiger partial charge in [0.1, 0.15) is 0 Å². The Hall–Kier alpha value is -1.62. The summed E-state index contributed by atoms with van der Waals surface area (Å²) >= 11 is 0. The number of hydrogen-bond acceptors (Lipinski definition) is 3. The zero-order valence-electron chi connectivity index (χ0n) is 13.1. The average molecular weight is 290 g/mol. The number of nitrogens with one attached hydrogen (secondary N) is 1. The summed E-state index contributed by atoms with van der Waals surface area (Å²) < 4.78 is 0. The fraction of sp³-hybridized carbons (Fsp3) is 0.625. The van der Waals surface area contributed by atoms with Crippen LogP contribution in [0.1, 0.15) is 25.5 Å². The van der Waals surface area contributed by atoms with Gasteiger partial charge in [-0.25, -0.2) is 4.79 Å². The van der Waals surface area contributed by atoms with E-state index in [1.807, 2.05) is 25.2 Å². The lowest BCUT2D eigenvalue weighted by molar-refractivity contribution is 0.201. The summed E-state index contributed by atoms with van der Waals surface area (Å²) in [6, 6.07) is 6.38. The van der Waals surface area contributed by atoms with Gasteiger partial charge in [-0.15, -0.1) is 0 Å². The SMILES string of the molecule is CCN1CCCC1CNC(=O)N(C)CCc1ccccn1. The highest BCUT2D eigenvalue weighted by molar-refractivity contribution is 5.73. The van der Waals surface area contributed by atoms with Gasteiger partial charge in [-0.05, 0) is 38.1 Å². The minimum absolute atomic E-state index is 0.00823. The Balaban J connectivity index is 1.70. The van der Waals surface area contributed by atoms with E-state index in [0.29, 0.717) is 12.6 Å². The maximum absolute atomic E-state index is 12.1. The number of aromatic nitrogens is 1. The van der Waals surface area contributed by atoms with Crippen LogP contribution in [0.15, 0.2) is 24.4 Å². The fourth-order valence-electron chi connectivity index (χ4n) is 2.81. The van der Waals surface area contributed by atoms with Crippen molar-refractivity contribution in [2.75, 3.05) is 33.2 Å². The predicted molar refractivity (Wildman–Crippen MR) is 84.2 cm³/mol. The second-order valence-corrected chi connectivity index (χ2v) is 5.60. The van der Waals surface area contributed by atoms with Gasteiger partial charge >= 0.3 is 6.03 Å². The number of urea groups is 1. The smallest absolute Gasteiger partial charge is 0.317 e. The zero-order valence-corrected chi connectivity index (χ0v) is 13.1. The van der Waals surface area contributed by atoms with Gasteiger partial charge in [0.15, 0.2) is 0 Å². The maximum atomic E-state index is 12.1. The molecule has 1 aliphatic rings. The van der Waals surface area contributed by atoms with Crippen molar-refractivity contribution in [2.24, 2.45) is 0 Å². The number of likely N-dealkylation sites (tertiary alicyclic amines) is 1. The highest BCUT2D eigenvalue weighted by atomic mass is 16.2. The van der Waals surface area contributed by atoms with Gasteiger partial charge in [0.05, 0.1) is 0 Å². The molecule has 2 rings (SSSR count). The van der Waals surface area contributed by atoms with Gasteiger partial charge in [0.25, 0.3) is 0 Å². The molecule has 1 aromatic heterocycles. The number of amides is 2. The van der Waals surface area contributed by atoms with Crippen molar-refractivity contribution in [1.29, 1.82) is 0 Å². The van der Waals surface area contributed by atoms with Gasteiger partial charge < -0.3 is 10.2 Å². The highest BCUT2D eigenvalue weighted by Crippen LogP contribution is 2.15. The van der Waals surface area contributed by atoms with Crippen LogP contribution in [-0.2, 0) is 6.42 Å². The Bertz CT molecular complexity index is 437. The molecule has 5 nitrogen and oxygen atoms in total. The lowest BCUT2D eigenvalue weighted by atomic mass is 10.2. The lowest BCUT2D eigenvalue weighted by Gasteiger charge is -2.24. The third kappa shape index (κ3) is 4.70. The van der Waals surface area contributed by atoms with Gasteiger partial charge in [0, 0.05) is 44.5 Å². The number of carbonyl (C=O) groups excluding carboxylic acids is 1. The van der Waals surface area contributed by atoms with Gasteiger partial charge in [0.2, 0.25) is 0 Å². The molecule has 2 heterocycles. The number of rotatable bonds is 6. The van der Waals surface area contributed by atoms with Crippen LogP contribution in [0.3, 0.4) is 0 Å². The molecule has 5 heteroatoms. The van der Waals surface area contributed by atoms with E-state index in [0.717, 1.165) is 31.7 Å². The molecular formula is C16H26N4O. The second kappa shape index (κ2) is 7.98. The molecule has 1 N–H and O–H groups in total. The highest BCUT2D eigenvalue weighted by Gasteiger charge is 2.23. The van der Waals surface area contributed by atoms with E-state index in [1.165, 1.54) is 12.8 Å². The molecule has 0 radical (unpaired) electrons. The molecule has 1 aromatic rings. The molecule has 0 spiro atoms. The Morgan fingerprint density at radius 1 is 1.52 bits per heavy atom. The molecule has 116 valence electrons. The van der Waals surface area contributed by atoms with Crippen LogP contribution in [0, 0.1) is 0 Å². The van der Waals surface area contributed by atoms with E-state index in [1.54, 1.807) is 11.1 Å². The maximum Gasteiger partial charge on any atom is 0.317 e. The number of carbonyl (C=O) groups is 1. The molecule has 0 aliphatic carbocycles. The molecule has 0 saturated carbocycles. The monoisotopic (exact) mass is 290 g/mol. The quantitative estimate of drug-likeness (QED) is 0.868. The van der Waals surface area contributed by atoms with Crippen LogP contribution in [0.5, 0.6) is 0 Å².